The Morgan fingerprint density at radius 3 is 2.69 bits per heavy atom. The number of aromatic hydroxyl groups is 1. The lowest BCUT2D eigenvalue weighted by Gasteiger charge is -2.13. The summed E-state index contributed by atoms with van der Waals surface area (Å²) in [7, 11) is 0. The summed E-state index contributed by atoms with van der Waals surface area (Å²) in [5, 5.41) is 9.87. The minimum atomic E-state index is -0.873. The lowest BCUT2D eigenvalue weighted by Crippen LogP contribution is -2.13. The number of hydrogen-bond donors (Lipinski definition) is 1. The maximum Gasteiger partial charge on any atom is 0.351 e. The SMILES string of the molecule is CCCOc1c(/C=C/C(=O)c2c(O)cc(C)oc2=O)cccc1OCC. The van der Waals surface area contributed by atoms with Crippen LogP contribution in [0.2, 0.25) is 0 Å². The van der Waals surface area contributed by atoms with E-state index in [2.05, 4.69) is 0 Å². The van der Waals surface area contributed by atoms with Gasteiger partial charge in [0.15, 0.2) is 17.3 Å². The average Bonchev–Trinajstić information content (AvgIpc) is 2.58. The zero-order valence-electron chi connectivity index (χ0n) is 15.1. The third kappa shape index (κ3) is 4.53. The maximum absolute atomic E-state index is 12.3. The highest BCUT2D eigenvalue weighted by Gasteiger charge is 2.16. The van der Waals surface area contributed by atoms with Gasteiger partial charge < -0.3 is 19.0 Å². The van der Waals surface area contributed by atoms with Gasteiger partial charge in [0.1, 0.15) is 17.1 Å². The summed E-state index contributed by atoms with van der Waals surface area (Å²) in [4.78, 5) is 24.2. The van der Waals surface area contributed by atoms with E-state index in [1.165, 1.54) is 25.1 Å². The van der Waals surface area contributed by atoms with Crippen LogP contribution in [0.25, 0.3) is 6.08 Å². The van der Waals surface area contributed by atoms with Crippen molar-refractivity contribution in [1.82, 2.24) is 0 Å². The number of ketones is 1. The standard InChI is InChI=1S/C20H22O6/c1-4-11-25-19-14(7-6-8-17(19)24-5-2)9-10-15(21)18-16(22)12-13(3)26-20(18)23/h6-10,12,22H,4-5,11H2,1-3H3/b10-9+. The molecule has 6 nitrogen and oxygen atoms in total. The summed E-state index contributed by atoms with van der Waals surface area (Å²) in [6.45, 7) is 6.35. The van der Waals surface area contributed by atoms with Gasteiger partial charge in [0.25, 0.3) is 0 Å². The van der Waals surface area contributed by atoms with Crippen molar-refractivity contribution < 1.29 is 23.8 Å². The van der Waals surface area contributed by atoms with Crippen molar-refractivity contribution in [2.45, 2.75) is 27.2 Å². The minimum absolute atomic E-state index is 0.229. The van der Waals surface area contributed by atoms with Gasteiger partial charge in [-0.3, -0.25) is 4.79 Å². The highest BCUT2D eigenvalue weighted by Crippen LogP contribution is 2.32. The molecular formula is C20H22O6. The van der Waals surface area contributed by atoms with E-state index in [-0.39, 0.29) is 5.76 Å². The van der Waals surface area contributed by atoms with E-state index in [9.17, 15) is 14.7 Å². The molecule has 0 atom stereocenters. The second kappa shape index (κ2) is 8.89. The van der Waals surface area contributed by atoms with E-state index in [0.29, 0.717) is 30.3 Å². The molecule has 0 radical (unpaired) electrons. The van der Waals surface area contributed by atoms with Crippen molar-refractivity contribution in [3.8, 4) is 17.2 Å². The molecule has 0 fully saturated rings. The van der Waals surface area contributed by atoms with E-state index in [0.717, 1.165) is 6.42 Å². The number of para-hydroxylation sites is 1. The molecule has 0 bridgehead atoms. The Balaban J connectivity index is 2.36. The Labute approximate surface area is 151 Å². The van der Waals surface area contributed by atoms with E-state index < -0.39 is 22.7 Å². The lowest BCUT2D eigenvalue weighted by atomic mass is 10.1. The molecule has 0 unspecified atom stereocenters. The Kier molecular flexibility index (Phi) is 6.60. The van der Waals surface area contributed by atoms with E-state index in [4.69, 9.17) is 13.9 Å². The molecule has 138 valence electrons. The quantitative estimate of drug-likeness (QED) is 0.571. The van der Waals surface area contributed by atoms with Crippen molar-refractivity contribution in [1.29, 1.82) is 0 Å². The molecule has 0 saturated carbocycles. The topological polar surface area (TPSA) is 86.0 Å². The molecule has 2 aromatic rings. The van der Waals surface area contributed by atoms with Crippen molar-refractivity contribution in [2.75, 3.05) is 13.2 Å². The van der Waals surface area contributed by atoms with Gasteiger partial charge in [0, 0.05) is 11.6 Å². The van der Waals surface area contributed by atoms with Crippen molar-refractivity contribution in [3.05, 3.63) is 57.6 Å². The van der Waals surface area contributed by atoms with Crippen LogP contribution in [0.5, 0.6) is 17.2 Å². The summed E-state index contributed by atoms with van der Waals surface area (Å²) in [6, 6.07) is 6.57. The first-order valence-corrected chi connectivity index (χ1v) is 8.42. The van der Waals surface area contributed by atoms with E-state index >= 15 is 0 Å². The molecule has 1 heterocycles. The molecule has 0 spiro atoms. The summed E-state index contributed by atoms with van der Waals surface area (Å²) in [6.07, 6.45) is 3.54. The molecule has 6 heteroatoms. The molecule has 1 N–H and O–H groups in total. The van der Waals surface area contributed by atoms with Crippen molar-refractivity contribution in [3.63, 3.8) is 0 Å². The minimum Gasteiger partial charge on any atom is -0.507 e. The molecule has 0 aliphatic heterocycles. The van der Waals surface area contributed by atoms with Crippen molar-refractivity contribution in [2.24, 2.45) is 0 Å². The van der Waals surface area contributed by atoms with Crippen LogP contribution in [0.4, 0.5) is 0 Å². The Morgan fingerprint density at radius 1 is 1.27 bits per heavy atom. The zero-order chi connectivity index (χ0) is 19.1. The molecule has 0 amide bonds. The Bertz CT molecular complexity index is 863. The molecule has 2 rings (SSSR count). The molecule has 1 aromatic heterocycles. The zero-order valence-corrected chi connectivity index (χ0v) is 15.1. The Morgan fingerprint density at radius 2 is 2.04 bits per heavy atom. The van der Waals surface area contributed by atoms with Gasteiger partial charge in [0.2, 0.25) is 0 Å². The van der Waals surface area contributed by atoms with Gasteiger partial charge in [-0.2, -0.15) is 0 Å². The number of ether oxygens (including phenoxy) is 2. The molecule has 0 aliphatic carbocycles. The summed E-state index contributed by atoms with van der Waals surface area (Å²) in [5.41, 5.74) is -0.639. The number of allylic oxidation sites excluding steroid dienone is 1. The third-order valence-electron chi connectivity index (χ3n) is 3.47. The number of aryl methyl sites for hydroxylation is 1. The van der Waals surface area contributed by atoms with Crippen LogP contribution in [0.3, 0.4) is 0 Å². The molecule has 0 saturated heterocycles. The Hall–Kier alpha value is -3.02. The molecule has 26 heavy (non-hydrogen) atoms. The van der Waals surface area contributed by atoms with E-state index in [1.807, 2.05) is 13.8 Å². The second-order valence-corrected chi connectivity index (χ2v) is 5.56. The number of carbonyl (C=O) groups is 1. The number of carbonyl (C=O) groups excluding carboxylic acids is 1. The average molecular weight is 358 g/mol. The van der Waals surface area contributed by atoms with Crippen LogP contribution < -0.4 is 15.1 Å². The fourth-order valence-corrected chi connectivity index (χ4v) is 2.36. The number of rotatable bonds is 8. The molecule has 0 aliphatic rings. The van der Waals surface area contributed by atoms with Gasteiger partial charge in [-0.1, -0.05) is 19.1 Å². The van der Waals surface area contributed by atoms with Crippen LogP contribution in [-0.4, -0.2) is 24.1 Å². The first-order valence-electron chi connectivity index (χ1n) is 8.42. The largest absolute Gasteiger partial charge is 0.507 e. The lowest BCUT2D eigenvalue weighted by molar-refractivity contribution is 0.104. The summed E-state index contributed by atoms with van der Waals surface area (Å²) < 4.78 is 16.2. The fourth-order valence-electron chi connectivity index (χ4n) is 2.36. The highest BCUT2D eigenvalue weighted by molar-refractivity contribution is 6.08. The first kappa shape index (κ1) is 19.3. The highest BCUT2D eigenvalue weighted by atomic mass is 16.5. The third-order valence-corrected chi connectivity index (χ3v) is 3.47. The van der Waals surface area contributed by atoms with Gasteiger partial charge >= 0.3 is 5.63 Å². The van der Waals surface area contributed by atoms with Crippen LogP contribution >= 0.6 is 0 Å². The number of hydrogen-bond acceptors (Lipinski definition) is 6. The van der Waals surface area contributed by atoms with Gasteiger partial charge in [0.05, 0.1) is 13.2 Å². The van der Waals surface area contributed by atoms with Crippen LogP contribution in [0.15, 0.2) is 39.6 Å². The molecule has 1 aromatic carbocycles. The van der Waals surface area contributed by atoms with Gasteiger partial charge in [-0.05, 0) is 38.5 Å². The van der Waals surface area contributed by atoms with Crippen molar-refractivity contribution >= 4 is 11.9 Å². The van der Waals surface area contributed by atoms with Gasteiger partial charge in [-0.25, -0.2) is 4.79 Å². The van der Waals surface area contributed by atoms with E-state index in [1.54, 1.807) is 18.2 Å². The smallest absolute Gasteiger partial charge is 0.351 e. The predicted octanol–water partition coefficient (Wildman–Crippen LogP) is 3.74. The normalized spacial score (nSPS) is 10.9. The number of benzene rings is 1. The molecular weight excluding hydrogens is 336 g/mol. The maximum atomic E-state index is 12.3. The summed E-state index contributed by atoms with van der Waals surface area (Å²) >= 11 is 0. The van der Waals surface area contributed by atoms with Crippen LogP contribution in [0.1, 0.15) is 41.9 Å². The summed E-state index contributed by atoms with van der Waals surface area (Å²) in [5.74, 6) is 0.278. The van der Waals surface area contributed by atoms with Crippen LogP contribution in [0, 0.1) is 6.92 Å². The first-order chi connectivity index (χ1) is 12.5. The fraction of sp³-hybridized carbons (Fsp3) is 0.300. The monoisotopic (exact) mass is 358 g/mol. The predicted molar refractivity (Wildman–Crippen MR) is 98.1 cm³/mol. The van der Waals surface area contributed by atoms with Crippen LogP contribution in [-0.2, 0) is 0 Å². The second-order valence-electron chi connectivity index (χ2n) is 5.56. The van der Waals surface area contributed by atoms with Gasteiger partial charge in [-0.15, -0.1) is 0 Å².